The lowest BCUT2D eigenvalue weighted by atomic mass is 10.1. The molecule has 3 heteroatoms. The van der Waals surface area contributed by atoms with Gasteiger partial charge in [-0.2, -0.15) is 0 Å². The minimum absolute atomic E-state index is 0.263. The molecule has 0 bridgehead atoms. The van der Waals surface area contributed by atoms with E-state index in [-0.39, 0.29) is 6.17 Å². The van der Waals surface area contributed by atoms with E-state index in [0.29, 0.717) is 0 Å². The number of hydrogen-bond donors (Lipinski definition) is 1. The van der Waals surface area contributed by atoms with Crippen LogP contribution in [0.3, 0.4) is 0 Å². The van der Waals surface area contributed by atoms with Gasteiger partial charge in [0.2, 0.25) is 0 Å². The van der Waals surface area contributed by atoms with Crippen molar-refractivity contribution in [1.29, 1.82) is 0 Å². The van der Waals surface area contributed by atoms with Crippen LogP contribution in [0.25, 0.3) is 5.70 Å². The topological polar surface area (TPSA) is 18.5 Å². The number of allylic oxidation sites excluding steroid dienone is 2. The molecule has 3 nitrogen and oxygen atoms in total. The quantitative estimate of drug-likeness (QED) is 0.854. The van der Waals surface area contributed by atoms with Crippen LogP contribution in [0.4, 0.5) is 5.69 Å². The Balaban J connectivity index is 1.84. The van der Waals surface area contributed by atoms with E-state index in [4.69, 9.17) is 0 Å². The third kappa shape index (κ3) is 1.88. The van der Waals surface area contributed by atoms with E-state index in [9.17, 15) is 0 Å². The molecule has 2 aliphatic heterocycles. The Kier molecular flexibility index (Phi) is 2.59. The van der Waals surface area contributed by atoms with Crippen LogP contribution in [-0.2, 0) is 0 Å². The lowest BCUT2D eigenvalue weighted by Crippen LogP contribution is -2.31. The summed E-state index contributed by atoms with van der Waals surface area (Å²) in [6.07, 6.45) is 10.8. The lowest BCUT2D eigenvalue weighted by Gasteiger charge is -2.20. The average Bonchev–Trinajstić information content (AvgIpc) is 2.82. The highest BCUT2D eigenvalue weighted by atomic mass is 15.3. The van der Waals surface area contributed by atoms with Gasteiger partial charge in [0, 0.05) is 32.2 Å². The van der Waals surface area contributed by atoms with Crippen molar-refractivity contribution in [2.75, 3.05) is 19.0 Å². The molecule has 0 saturated carbocycles. The largest absolute Gasteiger partial charge is 0.378 e. The van der Waals surface area contributed by atoms with Gasteiger partial charge in [-0.3, -0.25) is 0 Å². The van der Waals surface area contributed by atoms with Crippen molar-refractivity contribution in [3.63, 3.8) is 0 Å². The fraction of sp³-hybridized carbons (Fsp3) is 0.200. The first-order chi connectivity index (χ1) is 8.74. The lowest BCUT2D eigenvalue weighted by molar-refractivity contribution is 0.427. The van der Waals surface area contributed by atoms with Crippen molar-refractivity contribution >= 4 is 11.4 Å². The predicted octanol–water partition coefficient (Wildman–Crippen LogP) is 2.37. The van der Waals surface area contributed by atoms with Crippen molar-refractivity contribution < 1.29 is 0 Å². The second-order valence-electron chi connectivity index (χ2n) is 4.75. The molecule has 1 aromatic rings. The van der Waals surface area contributed by atoms with Crippen molar-refractivity contribution in [2.45, 2.75) is 6.17 Å². The Bertz CT molecular complexity index is 523. The Morgan fingerprint density at radius 3 is 2.56 bits per heavy atom. The summed E-state index contributed by atoms with van der Waals surface area (Å²) in [5.74, 6) is 0. The maximum atomic E-state index is 3.49. The average molecular weight is 239 g/mol. The van der Waals surface area contributed by atoms with Crippen LogP contribution in [0.15, 0.2) is 54.9 Å². The Labute approximate surface area is 108 Å². The standard InChI is InChI=1S/C15H17N3/c1-17(2)13-8-6-12(7-9-13)14-11-18-10-4-3-5-15(18)16-14/h3-11,15-16H,1-2H3. The minimum atomic E-state index is 0.263. The summed E-state index contributed by atoms with van der Waals surface area (Å²) < 4.78 is 0. The first-order valence-corrected chi connectivity index (χ1v) is 6.12. The van der Waals surface area contributed by atoms with E-state index in [1.807, 2.05) is 6.08 Å². The summed E-state index contributed by atoms with van der Waals surface area (Å²) in [5, 5.41) is 3.49. The summed E-state index contributed by atoms with van der Waals surface area (Å²) >= 11 is 0. The zero-order chi connectivity index (χ0) is 12.5. The number of nitrogens with zero attached hydrogens (tertiary/aromatic N) is 2. The van der Waals surface area contributed by atoms with Gasteiger partial charge in [-0.1, -0.05) is 18.2 Å². The second-order valence-corrected chi connectivity index (χ2v) is 4.75. The summed E-state index contributed by atoms with van der Waals surface area (Å²) in [6, 6.07) is 8.59. The van der Waals surface area contributed by atoms with Gasteiger partial charge in [-0.15, -0.1) is 0 Å². The van der Waals surface area contributed by atoms with Crippen LogP contribution < -0.4 is 10.2 Å². The van der Waals surface area contributed by atoms with Crippen LogP contribution in [0.1, 0.15) is 5.56 Å². The molecule has 1 aromatic carbocycles. The van der Waals surface area contributed by atoms with Crippen LogP contribution in [0.2, 0.25) is 0 Å². The second kappa shape index (κ2) is 4.26. The molecule has 18 heavy (non-hydrogen) atoms. The summed E-state index contributed by atoms with van der Waals surface area (Å²) in [6.45, 7) is 0. The SMILES string of the molecule is CN(C)c1ccc(C2=CN3C=CC=CC3N2)cc1. The molecule has 1 N–H and O–H groups in total. The molecule has 0 aromatic heterocycles. The van der Waals surface area contributed by atoms with Gasteiger partial charge >= 0.3 is 0 Å². The molecule has 0 saturated heterocycles. The molecule has 3 rings (SSSR count). The van der Waals surface area contributed by atoms with Gasteiger partial charge in [-0.05, 0) is 29.8 Å². The van der Waals surface area contributed by atoms with E-state index in [1.54, 1.807) is 0 Å². The van der Waals surface area contributed by atoms with Crippen molar-refractivity contribution in [3.05, 3.63) is 60.5 Å². The van der Waals surface area contributed by atoms with Crippen LogP contribution >= 0.6 is 0 Å². The molecule has 2 aliphatic rings. The maximum Gasteiger partial charge on any atom is 0.122 e. The number of benzene rings is 1. The number of anilines is 1. The van der Waals surface area contributed by atoms with Crippen molar-refractivity contribution in [2.24, 2.45) is 0 Å². The van der Waals surface area contributed by atoms with E-state index in [2.05, 4.69) is 78.0 Å². The number of rotatable bonds is 2. The van der Waals surface area contributed by atoms with Gasteiger partial charge in [0.05, 0.1) is 5.70 Å². The minimum Gasteiger partial charge on any atom is -0.378 e. The molecule has 0 aliphatic carbocycles. The monoisotopic (exact) mass is 239 g/mol. The summed E-state index contributed by atoms with van der Waals surface area (Å²) in [4.78, 5) is 4.28. The first-order valence-electron chi connectivity index (χ1n) is 6.12. The third-order valence-electron chi connectivity index (χ3n) is 3.26. The van der Waals surface area contributed by atoms with E-state index >= 15 is 0 Å². The van der Waals surface area contributed by atoms with Gasteiger partial charge in [-0.25, -0.2) is 0 Å². The summed E-state index contributed by atoms with van der Waals surface area (Å²) in [5.41, 5.74) is 3.60. The number of hydrogen-bond acceptors (Lipinski definition) is 3. The van der Waals surface area contributed by atoms with E-state index < -0.39 is 0 Å². The van der Waals surface area contributed by atoms with Crippen molar-refractivity contribution in [3.8, 4) is 0 Å². The normalized spacial score (nSPS) is 20.4. The Hall–Kier alpha value is -2.16. The first kappa shape index (κ1) is 11.0. The molecule has 0 fully saturated rings. The molecule has 2 heterocycles. The molecule has 0 spiro atoms. The predicted molar refractivity (Wildman–Crippen MR) is 75.8 cm³/mol. The maximum absolute atomic E-state index is 3.49. The third-order valence-corrected chi connectivity index (χ3v) is 3.26. The van der Waals surface area contributed by atoms with Gasteiger partial charge in [0.15, 0.2) is 0 Å². The molecule has 0 amide bonds. The van der Waals surface area contributed by atoms with Crippen LogP contribution in [-0.4, -0.2) is 25.2 Å². The highest BCUT2D eigenvalue weighted by Gasteiger charge is 2.21. The summed E-state index contributed by atoms with van der Waals surface area (Å²) in [7, 11) is 4.11. The Morgan fingerprint density at radius 1 is 1.11 bits per heavy atom. The van der Waals surface area contributed by atoms with Crippen LogP contribution in [0, 0.1) is 0 Å². The van der Waals surface area contributed by atoms with Gasteiger partial charge < -0.3 is 15.1 Å². The van der Waals surface area contributed by atoms with E-state index in [1.165, 1.54) is 16.9 Å². The molecular weight excluding hydrogens is 222 g/mol. The van der Waals surface area contributed by atoms with Crippen molar-refractivity contribution in [1.82, 2.24) is 10.2 Å². The molecule has 1 unspecified atom stereocenters. The van der Waals surface area contributed by atoms with E-state index in [0.717, 1.165) is 0 Å². The number of nitrogens with one attached hydrogen (secondary N) is 1. The molecule has 1 atom stereocenters. The molecule has 0 radical (unpaired) electrons. The molecule has 92 valence electrons. The zero-order valence-corrected chi connectivity index (χ0v) is 10.7. The Morgan fingerprint density at radius 2 is 1.89 bits per heavy atom. The fourth-order valence-electron chi connectivity index (χ4n) is 2.20. The highest BCUT2D eigenvalue weighted by Crippen LogP contribution is 2.24. The number of fused-ring (bicyclic) bond motifs is 1. The smallest absolute Gasteiger partial charge is 0.122 e. The zero-order valence-electron chi connectivity index (χ0n) is 10.7. The highest BCUT2D eigenvalue weighted by molar-refractivity contribution is 5.68. The molecular formula is C15H17N3. The van der Waals surface area contributed by atoms with Gasteiger partial charge in [0.1, 0.15) is 6.17 Å². The fourth-order valence-corrected chi connectivity index (χ4v) is 2.20. The van der Waals surface area contributed by atoms with Crippen LogP contribution in [0.5, 0.6) is 0 Å². The van der Waals surface area contributed by atoms with Gasteiger partial charge in [0.25, 0.3) is 0 Å².